The quantitative estimate of drug-likeness (QED) is 0.715. The van der Waals surface area contributed by atoms with E-state index >= 15 is 0 Å². The SMILES string of the molecule is CCN(CC)CCC(=O)N1CCN(C(=O)C(C)C2CC2)CC1. The molecule has 5 heteroatoms. The molecule has 1 heterocycles. The molecule has 1 unspecified atom stereocenters. The zero-order valence-electron chi connectivity index (χ0n) is 14.4. The van der Waals surface area contributed by atoms with Crippen molar-refractivity contribution in [3.05, 3.63) is 0 Å². The molecule has 126 valence electrons. The highest BCUT2D eigenvalue weighted by Gasteiger charge is 2.36. The first-order chi connectivity index (χ1) is 10.6. The van der Waals surface area contributed by atoms with Gasteiger partial charge in [-0.1, -0.05) is 20.8 Å². The van der Waals surface area contributed by atoms with E-state index in [2.05, 4.69) is 25.7 Å². The number of nitrogens with zero attached hydrogens (tertiary/aromatic N) is 3. The zero-order valence-corrected chi connectivity index (χ0v) is 14.4. The van der Waals surface area contributed by atoms with Crippen LogP contribution in [-0.2, 0) is 9.59 Å². The van der Waals surface area contributed by atoms with Crippen LogP contribution in [0.15, 0.2) is 0 Å². The Kier molecular flexibility index (Phi) is 6.24. The average Bonchev–Trinajstić information content (AvgIpc) is 3.39. The van der Waals surface area contributed by atoms with Gasteiger partial charge in [0.05, 0.1) is 0 Å². The summed E-state index contributed by atoms with van der Waals surface area (Å²) in [5, 5.41) is 0. The van der Waals surface area contributed by atoms with Crippen molar-refractivity contribution in [2.24, 2.45) is 11.8 Å². The minimum Gasteiger partial charge on any atom is -0.339 e. The van der Waals surface area contributed by atoms with Crippen LogP contribution in [0.3, 0.4) is 0 Å². The molecule has 2 aliphatic rings. The van der Waals surface area contributed by atoms with Crippen LogP contribution in [0.4, 0.5) is 0 Å². The second-order valence-electron chi connectivity index (χ2n) is 6.61. The minimum atomic E-state index is 0.171. The normalized spacial score (nSPS) is 20.4. The van der Waals surface area contributed by atoms with E-state index in [-0.39, 0.29) is 17.7 Å². The molecule has 0 spiro atoms. The van der Waals surface area contributed by atoms with Crippen LogP contribution in [0.2, 0.25) is 0 Å². The number of rotatable bonds is 7. The summed E-state index contributed by atoms with van der Waals surface area (Å²) in [5.74, 6) is 1.30. The molecule has 1 aliphatic carbocycles. The Hall–Kier alpha value is -1.10. The van der Waals surface area contributed by atoms with Crippen LogP contribution >= 0.6 is 0 Å². The fraction of sp³-hybridized carbons (Fsp3) is 0.882. The molecule has 2 rings (SSSR count). The number of carbonyl (C=O) groups is 2. The molecule has 0 bridgehead atoms. The Morgan fingerprint density at radius 3 is 2.09 bits per heavy atom. The van der Waals surface area contributed by atoms with E-state index in [0.29, 0.717) is 38.5 Å². The van der Waals surface area contributed by atoms with Gasteiger partial charge >= 0.3 is 0 Å². The molecule has 1 saturated carbocycles. The van der Waals surface area contributed by atoms with E-state index in [9.17, 15) is 9.59 Å². The van der Waals surface area contributed by atoms with Crippen LogP contribution in [-0.4, -0.2) is 72.3 Å². The minimum absolute atomic E-state index is 0.171. The Labute approximate surface area is 134 Å². The highest BCUT2D eigenvalue weighted by Crippen LogP contribution is 2.37. The van der Waals surface area contributed by atoms with Crippen molar-refractivity contribution in [1.29, 1.82) is 0 Å². The van der Waals surface area contributed by atoms with Crippen molar-refractivity contribution in [3.63, 3.8) is 0 Å². The monoisotopic (exact) mass is 309 g/mol. The lowest BCUT2D eigenvalue weighted by Crippen LogP contribution is -2.52. The molecule has 5 nitrogen and oxygen atoms in total. The second kappa shape index (κ2) is 7.95. The van der Waals surface area contributed by atoms with Gasteiger partial charge in [0.15, 0.2) is 0 Å². The molecule has 0 radical (unpaired) electrons. The summed E-state index contributed by atoms with van der Waals surface area (Å²) >= 11 is 0. The van der Waals surface area contributed by atoms with Crippen molar-refractivity contribution in [1.82, 2.24) is 14.7 Å². The van der Waals surface area contributed by atoms with E-state index < -0.39 is 0 Å². The summed E-state index contributed by atoms with van der Waals surface area (Å²) in [4.78, 5) is 30.8. The van der Waals surface area contributed by atoms with E-state index in [0.717, 1.165) is 19.6 Å². The fourth-order valence-corrected chi connectivity index (χ4v) is 3.21. The highest BCUT2D eigenvalue weighted by molar-refractivity contribution is 5.80. The van der Waals surface area contributed by atoms with Crippen molar-refractivity contribution in [3.8, 4) is 0 Å². The molecular weight excluding hydrogens is 278 g/mol. The molecule has 1 atom stereocenters. The zero-order chi connectivity index (χ0) is 16.1. The smallest absolute Gasteiger partial charge is 0.225 e. The lowest BCUT2D eigenvalue weighted by Gasteiger charge is -2.36. The van der Waals surface area contributed by atoms with Crippen LogP contribution in [0.5, 0.6) is 0 Å². The van der Waals surface area contributed by atoms with Gasteiger partial charge in [-0.3, -0.25) is 9.59 Å². The molecule has 0 aromatic carbocycles. The van der Waals surface area contributed by atoms with Crippen molar-refractivity contribution < 1.29 is 9.59 Å². The number of piperazine rings is 1. The van der Waals surface area contributed by atoms with Gasteiger partial charge in [-0.2, -0.15) is 0 Å². The maximum absolute atomic E-state index is 12.4. The van der Waals surface area contributed by atoms with Crippen LogP contribution in [0.1, 0.15) is 40.0 Å². The maximum atomic E-state index is 12.4. The topological polar surface area (TPSA) is 43.9 Å². The predicted molar refractivity (Wildman–Crippen MR) is 87.5 cm³/mol. The summed E-state index contributed by atoms with van der Waals surface area (Å²) in [6.45, 7) is 11.9. The summed E-state index contributed by atoms with van der Waals surface area (Å²) in [6.07, 6.45) is 3.00. The van der Waals surface area contributed by atoms with Gasteiger partial charge in [-0.05, 0) is 31.8 Å². The Morgan fingerprint density at radius 1 is 1.05 bits per heavy atom. The summed E-state index contributed by atoms with van der Waals surface area (Å²) in [5.41, 5.74) is 0. The molecule has 22 heavy (non-hydrogen) atoms. The van der Waals surface area contributed by atoms with E-state index in [1.54, 1.807) is 0 Å². The standard InChI is InChI=1S/C17H31N3O2/c1-4-18(5-2)9-8-16(21)19-10-12-20(13-11-19)17(22)14(3)15-6-7-15/h14-15H,4-13H2,1-3H3. The number of hydrogen-bond acceptors (Lipinski definition) is 3. The number of hydrogen-bond donors (Lipinski definition) is 0. The predicted octanol–water partition coefficient (Wildman–Crippen LogP) is 1.44. The van der Waals surface area contributed by atoms with Gasteiger partial charge in [0.25, 0.3) is 0 Å². The summed E-state index contributed by atoms with van der Waals surface area (Å²) in [7, 11) is 0. The lowest BCUT2D eigenvalue weighted by atomic mass is 10.0. The first-order valence-electron chi connectivity index (χ1n) is 8.85. The van der Waals surface area contributed by atoms with E-state index in [1.165, 1.54) is 12.8 Å². The van der Waals surface area contributed by atoms with Crippen LogP contribution in [0, 0.1) is 11.8 Å². The van der Waals surface area contributed by atoms with Crippen molar-refractivity contribution in [2.45, 2.75) is 40.0 Å². The second-order valence-corrected chi connectivity index (χ2v) is 6.61. The molecule has 0 aromatic rings. The third-order valence-corrected chi connectivity index (χ3v) is 5.20. The first kappa shape index (κ1) is 17.3. The maximum Gasteiger partial charge on any atom is 0.225 e. The van der Waals surface area contributed by atoms with Crippen LogP contribution < -0.4 is 0 Å². The summed E-state index contributed by atoms with van der Waals surface area (Å²) in [6, 6.07) is 0. The molecule has 0 aromatic heterocycles. The molecule has 0 N–H and O–H groups in total. The van der Waals surface area contributed by atoms with Crippen LogP contribution in [0.25, 0.3) is 0 Å². The van der Waals surface area contributed by atoms with Gasteiger partial charge in [-0.25, -0.2) is 0 Å². The fourth-order valence-electron chi connectivity index (χ4n) is 3.21. The number of amides is 2. The van der Waals surface area contributed by atoms with Gasteiger partial charge in [0.1, 0.15) is 0 Å². The molecule has 1 saturated heterocycles. The van der Waals surface area contributed by atoms with E-state index in [1.807, 2.05) is 9.80 Å². The Morgan fingerprint density at radius 2 is 1.59 bits per heavy atom. The Bertz CT molecular complexity index is 383. The number of carbonyl (C=O) groups excluding carboxylic acids is 2. The third-order valence-electron chi connectivity index (χ3n) is 5.20. The molecule has 2 amide bonds. The van der Waals surface area contributed by atoms with Crippen molar-refractivity contribution >= 4 is 11.8 Å². The molecule has 1 aliphatic heterocycles. The van der Waals surface area contributed by atoms with Gasteiger partial charge in [-0.15, -0.1) is 0 Å². The lowest BCUT2D eigenvalue weighted by molar-refractivity contribution is -0.142. The van der Waals surface area contributed by atoms with Crippen molar-refractivity contribution in [2.75, 3.05) is 45.8 Å². The average molecular weight is 309 g/mol. The first-order valence-corrected chi connectivity index (χ1v) is 8.85. The van der Waals surface area contributed by atoms with Gasteiger partial charge in [0, 0.05) is 45.1 Å². The van der Waals surface area contributed by atoms with Gasteiger partial charge in [0.2, 0.25) is 11.8 Å². The Balaban J connectivity index is 1.71. The molecule has 2 fully saturated rings. The van der Waals surface area contributed by atoms with Gasteiger partial charge < -0.3 is 14.7 Å². The largest absolute Gasteiger partial charge is 0.339 e. The summed E-state index contributed by atoms with van der Waals surface area (Å²) < 4.78 is 0. The van der Waals surface area contributed by atoms with E-state index in [4.69, 9.17) is 0 Å². The third kappa shape index (κ3) is 4.45. The molecular formula is C17H31N3O2. The highest BCUT2D eigenvalue weighted by atomic mass is 16.2.